The number of amides is 1. The lowest BCUT2D eigenvalue weighted by atomic mass is 10.2. The topological polar surface area (TPSA) is 53.0 Å². The van der Waals surface area contributed by atoms with E-state index in [1.54, 1.807) is 23.9 Å². The molecule has 0 spiro atoms. The summed E-state index contributed by atoms with van der Waals surface area (Å²) in [4.78, 5) is 15.3. The first-order chi connectivity index (χ1) is 11.1. The van der Waals surface area contributed by atoms with Gasteiger partial charge in [0.2, 0.25) is 0 Å². The Labute approximate surface area is 139 Å². The van der Waals surface area contributed by atoms with Gasteiger partial charge in [0.05, 0.1) is 24.5 Å². The summed E-state index contributed by atoms with van der Waals surface area (Å²) in [6.45, 7) is 0.875. The second kappa shape index (κ2) is 6.97. The van der Waals surface area contributed by atoms with E-state index >= 15 is 0 Å². The van der Waals surface area contributed by atoms with Crippen LogP contribution in [0.25, 0.3) is 0 Å². The molecule has 5 nitrogen and oxygen atoms in total. The highest BCUT2D eigenvalue weighted by Gasteiger charge is 2.33. The van der Waals surface area contributed by atoms with Crippen molar-refractivity contribution < 1.29 is 19.0 Å². The standard InChI is InChI=1S/C16H21FN2O3S/c1-23-10-12-3-2-6-18(12)15-5-4-11(7-14(15)17)19-8-13(9-20)22-16(19)21/h4-5,7,12-13,20H,2-3,6,8-10H2,1H3/t12?,13-/m1/s1. The first-order valence-electron chi connectivity index (χ1n) is 7.78. The number of aliphatic hydroxyl groups excluding tert-OH is 1. The molecule has 2 aliphatic heterocycles. The fraction of sp³-hybridized carbons (Fsp3) is 0.562. The SMILES string of the molecule is CSCC1CCCN1c1ccc(N2C[C@H](CO)OC2=O)cc1F. The zero-order valence-electron chi connectivity index (χ0n) is 13.1. The van der Waals surface area contributed by atoms with Crippen molar-refractivity contribution >= 4 is 29.2 Å². The third-order valence-corrected chi connectivity index (χ3v) is 5.08. The molecule has 2 heterocycles. The molecule has 1 N–H and O–H groups in total. The van der Waals surface area contributed by atoms with Gasteiger partial charge in [-0.05, 0) is 37.3 Å². The van der Waals surface area contributed by atoms with Crippen molar-refractivity contribution in [2.24, 2.45) is 0 Å². The number of rotatable bonds is 5. The number of carbonyl (C=O) groups is 1. The summed E-state index contributed by atoms with van der Waals surface area (Å²) in [5.74, 6) is 0.661. The van der Waals surface area contributed by atoms with Gasteiger partial charge in [-0.3, -0.25) is 4.90 Å². The van der Waals surface area contributed by atoms with Gasteiger partial charge >= 0.3 is 6.09 Å². The number of carbonyl (C=O) groups excluding carboxylic acids is 1. The largest absolute Gasteiger partial charge is 0.441 e. The molecule has 0 bridgehead atoms. The number of ether oxygens (including phenoxy) is 1. The molecule has 0 radical (unpaired) electrons. The van der Waals surface area contributed by atoms with Crippen LogP contribution >= 0.6 is 11.8 Å². The number of hydrogen-bond donors (Lipinski definition) is 1. The van der Waals surface area contributed by atoms with Crippen LogP contribution in [0.5, 0.6) is 0 Å². The van der Waals surface area contributed by atoms with Crippen LogP contribution in [-0.2, 0) is 4.74 Å². The molecular formula is C16H21FN2O3S. The molecular weight excluding hydrogens is 319 g/mol. The minimum Gasteiger partial charge on any atom is -0.441 e. The van der Waals surface area contributed by atoms with E-state index in [0.29, 0.717) is 17.4 Å². The number of nitrogens with zero attached hydrogens (tertiary/aromatic N) is 2. The third-order valence-electron chi connectivity index (χ3n) is 4.37. The Morgan fingerprint density at radius 2 is 2.30 bits per heavy atom. The van der Waals surface area contributed by atoms with E-state index in [1.807, 2.05) is 0 Å². The average molecular weight is 340 g/mol. The summed E-state index contributed by atoms with van der Waals surface area (Å²) in [7, 11) is 0. The van der Waals surface area contributed by atoms with E-state index in [1.165, 1.54) is 11.0 Å². The van der Waals surface area contributed by atoms with E-state index in [4.69, 9.17) is 9.84 Å². The molecule has 2 saturated heterocycles. The first-order valence-corrected chi connectivity index (χ1v) is 9.17. The Morgan fingerprint density at radius 3 is 2.96 bits per heavy atom. The van der Waals surface area contributed by atoms with Gasteiger partial charge in [-0.15, -0.1) is 0 Å². The summed E-state index contributed by atoms with van der Waals surface area (Å²) < 4.78 is 19.6. The van der Waals surface area contributed by atoms with Crippen molar-refractivity contribution in [1.29, 1.82) is 0 Å². The van der Waals surface area contributed by atoms with Crippen LogP contribution in [0.4, 0.5) is 20.6 Å². The lowest BCUT2D eigenvalue weighted by Crippen LogP contribution is -2.32. The fourth-order valence-corrected chi connectivity index (χ4v) is 3.97. The Hall–Kier alpha value is -1.47. The normalized spacial score (nSPS) is 24.4. The van der Waals surface area contributed by atoms with E-state index in [2.05, 4.69) is 11.2 Å². The molecule has 23 heavy (non-hydrogen) atoms. The lowest BCUT2D eigenvalue weighted by Gasteiger charge is -2.27. The highest BCUT2D eigenvalue weighted by molar-refractivity contribution is 7.98. The van der Waals surface area contributed by atoms with Crippen LogP contribution in [0.3, 0.4) is 0 Å². The van der Waals surface area contributed by atoms with Gasteiger partial charge in [0.1, 0.15) is 11.9 Å². The number of halogens is 1. The molecule has 1 unspecified atom stereocenters. The first kappa shape index (κ1) is 16.4. The maximum absolute atomic E-state index is 14.6. The molecule has 3 rings (SSSR count). The summed E-state index contributed by atoms with van der Waals surface area (Å²) in [6, 6.07) is 5.22. The number of anilines is 2. The monoisotopic (exact) mass is 340 g/mol. The molecule has 2 aliphatic rings. The zero-order valence-corrected chi connectivity index (χ0v) is 13.9. The minimum atomic E-state index is -0.547. The molecule has 126 valence electrons. The molecule has 0 aromatic heterocycles. The molecule has 1 aromatic carbocycles. The van der Waals surface area contributed by atoms with Crippen molar-refractivity contribution in [3.8, 4) is 0 Å². The molecule has 1 aromatic rings. The molecule has 1 amide bonds. The van der Waals surface area contributed by atoms with Gasteiger partial charge in [0.25, 0.3) is 0 Å². The van der Waals surface area contributed by atoms with Crippen LogP contribution < -0.4 is 9.80 Å². The molecule has 0 aliphatic carbocycles. The zero-order chi connectivity index (χ0) is 16.4. The van der Waals surface area contributed by atoms with Crippen molar-refractivity contribution in [3.05, 3.63) is 24.0 Å². The summed E-state index contributed by atoms with van der Waals surface area (Å²) >= 11 is 1.77. The average Bonchev–Trinajstić information content (AvgIpc) is 3.14. The van der Waals surface area contributed by atoms with Crippen LogP contribution in [0.1, 0.15) is 12.8 Å². The minimum absolute atomic E-state index is 0.229. The van der Waals surface area contributed by atoms with Crippen LogP contribution in [0.15, 0.2) is 18.2 Å². The highest BCUT2D eigenvalue weighted by atomic mass is 32.2. The van der Waals surface area contributed by atoms with Crippen molar-refractivity contribution in [2.45, 2.75) is 25.0 Å². The fourth-order valence-electron chi connectivity index (χ4n) is 3.24. The van der Waals surface area contributed by atoms with Gasteiger partial charge in [0, 0.05) is 18.3 Å². The second-order valence-corrected chi connectivity index (χ2v) is 6.79. The van der Waals surface area contributed by atoms with Gasteiger partial charge in [-0.1, -0.05) is 0 Å². The van der Waals surface area contributed by atoms with Crippen molar-refractivity contribution in [3.63, 3.8) is 0 Å². The van der Waals surface area contributed by atoms with E-state index in [9.17, 15) is 9.18 Å². The summed E-state index contributed by atoms with van der Waals surface area (Å²) in [5, 5.41) is 9.08. The predicted molar refractivity (Wildman–Crippen MR) is 89.9 cm³/mol. The molecule has 2 atom stereocenters. The van der Waals surface area contributed by atoms with Crippen LogP contribution in [0.2, 0.25) is 0 Å². The number of aliphatic hydroxyl groups is 1. The van der Waals surface area contributed by atoms with Gasteiger partial charge < -0.3 is 14.7 Å². The van der Waals surface area contributed by atoms with E-state index in [-0.39, 0.29) is 19.0 Å². The maximum atomic E-state index is 14.6. The summed E-state index contributed by atoms with van der Waals surface area (Å²) in [6.07, 6.45) is 3.13. The maximum Gasteiger partial charge on any atom is 0.414 e. The Bertz CT molecular complexity index is 586. The lowest BCUT2D eigenvalue weighted by molar-refractivity contribution is 0.0963. The Balaban J connectivity index is 1.80. The molecule has 0 saturated carbocycles. The molecule has 7 heteroatoms. The third kappa shape index (κ3) is 3.26. The van der Waals surface area contributed by atoms with Gasteiger partial charge in [0.15, 0.2) is 0 Å². The van der Waals surface area contributed by atoms with Gasteiger partial charge in [-0.2, -0.15) is 11.8 Å². The van der Waals surface area contributed by atoms with Crippen molar-refractivity contribution in [2.75, 3.05) is 41.5 Å². The quantitative estimate of drug-likeness (QED) is 0.892. The van der Waals surface area contributed by atoms with Crippen LogP contribution in [-0.4, -0.2) is 55.1 Å². The predicted octanol–water partition coefficient (Wildman–Crippen LogP) is 2.48. The number of thioether (sulfide) groups is 1. The van der Waals surface area contributed by atoms with E-state index < -0.39 is 12.2 Å². The molecule has 2 fully saturated rings. The van der Waals surface area contributed by atoms with Crippen LogP contribution in [0, 0.1) is 5.82 Å². The Morgan fingerprint density at radius 1 is 1.48 bits per heavy atom. The smallest absolute Gasteiger partial charge is 0.414 e. The number of cyclic esters (lactones) is 1. The number of hydrogen-bond acceptors (Lipinski definition) is 5. The van der Waals surface area contributed by atoms with Crippen molar-refractivity contribution in [1.82, 2.24) is 0 Å². The van der Waals surface area contributed by atoms with E-state index in [0.717, 1.165) is 25.1 Å². The number of benzene rings is 1. The van der Waals surface area contributed by atoms with Gasteiger partial charge in [-0.25, -0.2) is 9.18 Å². The second-order valence-electron chi connectivity index (χ2n) is 5.88. The highest BCUT2D eigenvalue weighted by Crippen LogP contribution is 2.32. The Kier molecular flexibility index (Phi) is 4.96. The summed E-state index contributed by atoms with van der Waals surface area (Å²) in [5.41, 5.74) is 1.06.